The number of imidazole rings is 1. The molecule has 0 bridgehead atoms. The van der Waals surface area contributed by atoms with Crippen LogP contribution in [0.1, 0.15) is 18.7 Å². The van der Waals surface area contributed by atoms with Crippen molar-refractivity contribution < 1.29 is 0 Å². The van der Waals surface area contributed by atoms with Crippen LogP contribution in [-0.2, 0) is 6.54 Å². The summed E-state index contributed by atoms with van der Waals surface area (Å²) in [5, 5.41) is 0. The Morgan fingerprint density at radius 2 is 2.60 bits per heavy atom. The Labute approximate surface area is 59.4 Å². The molecular formula is C7H9N3. The van der Waals surface area contributed by atoms with E-state index in [1.165, 1.54) is 5.69 Å². The van der Waals surface area contributed by atoms with Gasteiger partial charge in [-0.05, 0) is 6.92 Å². The van der Waals surface area contributed by atoms with Gasteiger partial charge in [-0.25, -0.2) is 4.98 Å². The maximum atomic E-state index is 4.19. The van der Waals surface area contributed by atoms with Crippen LogP contribution in [0.5, 0.6) is 0 Å². The van der Waals surface area contributed by atoms with Crippen LogP contribution in [0.25, 0.3) is 0 Å². The lowest BCUT2D eigenvalue weighted by atomic mass is 10.3. The van der Waals surface area contributed by atoms with Gasteiger partial charge in [-0.3, -0.25) is 4.99 Å². The zero-order valence-corrected chi connectivity index (χ0v) is 5.86. The van der Waals surface area contributed by atoms with Crippen molar-refractivity contribution in [3.05, 3.63) is 18.2 Å². The fraction of sp³-hybridized carbons (Fsp3) is 0.429. The zero-order valence-electron chi connectivity index (χ0n) is 5.86. The zero-order chi connectivity index (χ0) is 6.97. The normalized spacial score (nSPS) is 22.7. The number of aromatic nitrogens is 2. The maximum Gasteiger partial charge on any atom is 0.0954 e. The minimum absolute atomic E-state index is 0.381. The maximum absolute atomic E-state index is 4.19. The van der Waals surface area contributed by atoms with E-state index in [4.69, 9.17) is 0 Å². The van der Waals surface area contributed by atoms with E-state index < -0.39 is 0 Å². The molecule has 0 saturated carbocycles. The van der Waals surface area contributed by atoms with Crippen molar-refractivity contribution in [1.29, 1.82) is 0 Å². The molecule has 1 aliphatic heterocycles. The van der Waals surface area contributed by atoms with E-state index in [0.717, 1.165) is 6.54 Å². The third kappa shape index (κ3) is 0.667. The third-order valence-corrected chi connectivity index (χ3v) is 1.76. The van der Waals surface area contributed by atoms with Gasteiger partial charge in [-0.1, -0.05) is 0 Å². The predicted octanol–water partition coefficient (Wildman–Crippen LogP) is 1.03. The second kappa shape index (κ2) is 1.94. The highest BCUT2D eigenvalue weighted by Gasteiger charge is 2.09. The van der Waals surface area contributed by atoms with Gasteiger partial charge < -0.3 is 4.57 Å². The number of hydrogen-bond acceptors (Lipinski definition) is 2. The van der Waals surface area contributed by atoms with Crippen LogP contribution in [0.3, 0.4) is 0 Å². The molecule has 0 aromatic carbocycles. The molecule has 2 heterocycles. The second-order valence-corrected chi connectivity index (χ2v) is 2.52. The topological polar surface area (TPSA) is 30.2 Å². The number of fused-ring (bicyclic) bond motifs is 1. The van der Waals surface area contributed by atoms with Gasteiger partial charge in [0.1, 0.15) is 0 Å². The summed E-state index contributed by atoms with van der Waals surface area (Å²) in [6, 6.07) is 0.381. The van der Waals surface area contributed by atoms with Crippen molar-refractivity contribution in [1.82, 2.24) is 9.55 Å². The van der Waals surface area contributed by atoms with Crippen LogP contribution >= 0.6 is 0 Å². The molecule has 0 aliphatic carbocycles. The molecule has 0 N–H and O–H groups in total. The predicted molar refractivity (Wildman–Crippen MR) is 39.1 cm³/mol. The molecule has 2 rings (SSSR count). The molecule has 1 aliphatic rings. The smallest absolute Gasteiger partial charge is 0.0954 e. The van der Waals surface area contributed by atoms with Gasteiger partial charge in [-0.2, -0.15) is 0 Å². The van der Waals surface area contributed by atoms with Crippen LogP contribution in [0.4, 0.5) is 0 Å². The molecular weight excluding hydrogens is 126 g/mol. The molecule has 1 aromatic heterocycles. The van der Waals surface area contributed by atoms with E-state index in [2.05, 4.69) is 21.5 Å². The molecule has 1 aromatic rings. The molecule has 0 saturated heterocycles. The molecule has 3 heteroatoms. The van der Waals surface area contributed by atoms with Crippen molar-refractivity contribution in [2.45, 2.75) is 19.5 Å². The Hall–Kier alpha value is -1.12. The lowest BCUT2D eigenvalue weighted by Gasteiger charge is -2.14. The first kappa shape index (κ1) is 5.65. The first-order valence-electron chi connectivity index (χ1n) is 3.38. The average Bonchev–Trinajstić information content (AvgIpc) is 2.36. The molecule has 0 fully saturated rings. The molecule has 0 radical (unpaired) electrons. The largest absolute Gasteiger partial charge is 0.325 e. The van der Waals surface area contributed by atoms with Crippen LogP contribution in [-0.4, -0.2) is 15.8 Å². The monoisotopic (exact) mass is 135 g/mol. The molecule has 52 valence electrons. The van der Waals surface area contributed by atoms with E-state index in [0.29, 0.717) is 6.04 Å². The third-order valence-electron chi connectivity index (χ3n) is 1.76. The van der Waals surface area contributed by atoms with Crippen molar-refractivity contribution in [3.8, 4) is 0 Å². The quantitative estimate of drug-likeness (QED) is 0.522. The van der Waals surface area contributed by atoms with Crippen molar-refractivity contribution in [2.75, 3.05) is 0 Å². The fourth-order valence-electron chi connectivity index (χ4n) is 1.19. The summed E-state index contributed by atoms with van der Waals surface area (Å²) in [5.74, 6) is 0. The molecule has 0 amide bonds. The summed E-state index contributed by atoms with van der Waals surface area (Å²) in [5.41, 5.74) is 1.20. The standard InChI is InChI=1S/C7H9N3/c1-6-2-8-3-7-4-9-5-10(6)7/h2,4-6H,3H2,1H3. The van der Waals surface area contributed by atoms with Gasteiger partial charge in [-0.15, -0.1) is 0 Å². The van der Waals surface area contributed by atoms with Crippen LogP contribution in [0.2, 0.25) is 0 Å². The number of hydrogen-bond donors (Lipinski definition) is 0. The molecule has 1 atom stereocenters. The average molecular weight is 135 g/mol. The SMILES string of the molecule is CC1C=NCc2cncn21. The van der Waals surface area contributed by atoms with E-state index in [-0.39, 0.29) is 0 Å². The number of aliphatic imine (C=N–C) groups is 1. The lowest BCUT2D eigenvalue weighted by Crippen LogP contribution is -2.12. The Bertz CT molecular complexity index is 262. The van der Waals surface area contributed by atoms with Crippen LogP contribution < -0.4 is 0 Å². The van der Waals surface area contributed by atoms with Crippen molar-refractivity contribution in [3.63, 3.8) is 0 Å². The first-order chi connectivity index (χ1) is 4.88. The first-order valence-corrected chi connectivity index (χ1v) is 3.38. The van der Waals surface area contributed by atoms with E-state index in [1.807, 2.05) is 18.7 Å². The molecule has 3 nitrogen and oxygen atoms in total. The Morgan fingerprint density at radius 3 is 3.40 bits per heavy atom. The summed E-state index contributed by atoms with van der Waals surface area (Å²) in [6.45, 7) is 2.89. The number of rotatable bonds is 0. The van der Waals surface area contributed by atoms with Gasteiger partial charge in [0.2, 0.25) is 0 Å². The molecule has 10 heavy (non-hydrogen) atoms. The van der Waals surface area contributed by atoms with Gasteiger partial charge in [0, 0.05) is 6.21 Å². The minimum Gasteiger partial charge on any atom is -0.325 e. The fourth-order valence-corrected chi connectivity index (χ4v) is 1.19. The minimum atomic E-state index is 0.381. The van der Waals surface area contributed by atoms with E-state index >= 15 is 0 Å². The van der Waals surface area contributed by atoms with E-state index in [1.54, 1.807) is 0 Å². The summed E-state index contributed by atoms with van der Waals surface area (Å²) in [6.07, 6.45) is 5.67. The summed E-state index contributed by atoms with van der Waals surface area (Å²) >= 11 is 0. The summed E-state index contributed by atoms with van der Waals surface area (Å²) in [4.78, 5) is 8.22. The van der Waals surface area contributed by atoms with Gasteiger partial charge in [0.15, 0.2) is 0 Å². The summed E-state index contributed by atoms with van der Waals surface area (Å²) < 4.78 is 2.13. The molecule has 0 spiro atoms. The van der Waals surface area contributed by atoms with Crippen molar-refractivity contribution in [2.24, 2.45) is 4.99 Å². The highest BCUT2D eigenvalue weighted by Crippen LogP contribution is 2.12. The van der Waals surface area contributed by atoms with Crippen molar-refractivity contribution >= 4 is 6.21 Å². The lowest BCUT2D eigenvalue weighted by molar-refractivity contribution is 0.643. The highest BCUT2D eigenvalue weighted by molar-refractivity contribution is 5.63. The molecule has 1 unspecified atom stereocenters. The Balaban J connectivity index is 2.48. The van der Waals surface area contributed by atoms with Crippen LogP contribution in [0.15, 0.2) is 17.5 Å². The van der Waals surface area contributed by atoms with Crippen LogP contribution in [0, 0.1) is 0 Å². The highest BCUT2D eigenvalue weighted by atomic mass is 15.1. The summed E-state index contributed by atoms with van der Waals surface area (Å²) in [7, 11) is 0. The van der Waals surface area contributed by atoms with Gasteiger partial charge in [0.05, 0.1) is 30.8 Å². The number of nitrogens with zero attached hydrogens (tertiary/aromatic N) is 3. The van der Waals surface area contributed by atoms with Gasteiger partial charge >= 0.3 is 0 Å². The van der Waals surface area contributed by atoms with E-state index in [9.17, 15) is 0 Å². The Kier molecular flexibility index (Phi) is 1.09. The second-order valence-electron chi connectivity index (χ2n) is 2.52. The Morgan fingerprint density at radius 1 is 1.70 bits per heavy atom. The van der Waals surface area contributed by atoms with Gasteiger partial charge in [0.25, 0.3) is 0 Å².